The lowest BCUT2D eigenvalue weighted by molar-refractivity contribution is -0.119. The number of carbonyl (C=O) groups excluding carboxylic acids is 1. The molecule has 0 amide bonds. The fraction of sp³-hybridized carbons (Fsp3) is 0.562. The van der Waals surface area contributed by atoms with E-state index in [-0.39, 0.29) is 6.10 Å². The molecule has 1 atom stereocenters. The van der Waals surface area contributed by atoms with Crippen molar-refractivity contribution in [3.63, 3.8) is 0 Å². The van der Waals surface area contributed by atoms with Gasteiger partial charge in [0.15, 0.2) is 0 Å². The van der Waals surface area contributed by atoms with Gasteiger partial charge >= 0.3 is 0 Å². The summed E-state index contributed by atoms with van der Waals surface area (Å²) in [6, 6.07) is 8.17. The first-order valence-electron chi connectivity index (χ1n) is 6.94. The Morgan fingerprint density at radius 3 is 2.78 bits per heavy atom. The highest BCUT2D eigenvalue weighted by atomic mass is 16.5. The maximum absolute atomic E-state index is 11.8. The van der Waals surface area contributed by atoms with Gasteiger partial charge in [0.05, 0.1) is 6.10 Å². The molecule has 0 aliphatic heterocycles. The first-order valence-corrected chi connectivity index (χ1v) is 6.94. The van der Waals surface area contributed by atoms with Crippen LogP contribution >= 0.6 is 0 Å². The number of hydrogen-bond donors (Lipinski definition) is 0. The van der Waals surface area contributed by atoms with Crippen molar-refractivity contribution < 1.29 is 9.53 Å². The Labute approximate surface area is 109 Å². The summed E-state index contributed by atoms with van der Waals surface area (Å²) in [4.78, 5) is 11.8. The predicted octanol–water partition coefficient (Wildman–Crippen LogP) is 4.09. The molecule has 1 fully saturated rings. The van der Waals surface area contributed by atoms with E-state index in [1.165, 1.54) is 5.56 Å². The Kier molecular flexibility index (Phi) is 4.40. The zero-order valence-corrected chi connectivity index (χ0v) is 11.3. The van der Waals surface area contributed by atoms with Crippen molar-refractivity contribution in [1.82, 2.24) is 0 Å². The molecule has 0 bridgehead atoms. The summed E-state index contributed by atoms with van der Waals surface area (Å²) < 4.78 is 5.86. The second kappa shape index (κ2) is 6.03. The van der Waals surface area contributed by atoms with Crippen LogP contribution in [-0.4, -0.2) is 11.9 Å². The molecule has 18 heavy (non-hydrogen) atoms. The molecule has 1 aromatic carbocycles. The number of hydrogen-bond acceptors (Lipinski definition) is 2. The zero-order chi connectivity index (χ0) is 13.0. The van der Waals surface area contributed by atoms with E-state index in [9.17, 15) is 4.79 Å². The highest BCUT2D eigenvalue weighted by Crippen LogP contribution is 2.35. The van der Waals surface area contributed by atoms with Crippen LogP contribution < -0.4 is 4.74 Å². The van der Waals surface area contributed by atoms with Crippen LogP contribution in [0.4, 0.5) is 0 Å². The highest BCUT2D eigenvalue weighted by Gasteiger charge is 2.22. The van der Waals surface area contributed by atoms with Crippen LogP contribution in [0.5, 0.6) is 5.75 Å². The van der Waals surface area contributed by atoms with E-state index in [0.717, 1.165) is 31.4 Å². The molecule has 2 rings (SSSR count). The molecule has 98 valence electrons. The fourth-order valence-electron chi connectivity index (χ4n) is 2.64. The van der Waals surface area contributed by atoms with E-state index in [2.05, 4.69) is 6.07 Å². The summed E-state index contributed by atoms with van der Waals surface area (Å²) in [7, 11) is 0. The molecule has 0 heterocycles. The van der Waals surface area contributed by atoms with Crippen LogP contribution in [0, 0.1) is 0 Å². The van der Waals surface area contributed by atoms with Crippen LogP contribution in [0.2, 0.25) is 0 Å². The monoisotopic (exact) mass is 246 g/mol. The highest BCUT2D eigenvalue weighted by molar-refractivity contribution is 5.79. The number of rotatable bonds is 3. The molecule has 2 heteroatoms. The lowest BCUT2D eigenvalue weighted by atomic mass is 9.91. The van der Waals surface area contributed by atoms with E-state index in [0.29, 0.717) is 18.1 Å². The third-order valence-electron chi connectivity index (χ3n) is 3.45. The summed E-state index contributed by atoms with van der Waals surface area (Å²) >= 11 is 0. The Morgan fingerprint density at radius 2 is 2.00 bits per heavy atom. The molecule has 1 aliphatic rings. The van der Waals surface area contributed by atoms with Crippen LogP contribution in [0.3, 0.4) is 0 Å². The molecule has 0 aromatic heterocycles. The number of benzene rings is 1. The van der Waals surface area contributed by atoms with Gasteiger partial charge in [-0.1, -0.05) is 24.6 Å². The van der Waals surface area contributed by atoms with Gasteiger partial charge < -0.3 is 4.74 Å². The minimum absolute atomic E-state index is 0.174. The van der Waals surface area contributed by atoms with E-state index < -0.39 is 0 Å². The number of ether oxygens (including phenoxy) is 1. The topological polar surface area (TPSA) is 26.3 Å². The Balaban J connectivity index is 2.22. The maximum Gasteiger partial charge on any atom is 0.133 e. The smallest absolute Gasteiger partial charge is 0.133 e. The molecule has 0 N–H and O–H groups in total. The molecular weight excluding hydrogens is 224 g/mol. The molecule has 0 spiro atoms. The van der Waals surface area contributed by atoms with Crippen LogP contribution in [-0.2, 0) is 4.79 Å². The normalized spacial score (nSPS) is 20.8. The average molecular weight is 246 g/mol. The minimum Gasteiger partial charge on any atom is -0.491 e. The predicted molar refractivity (Wildman–Crippen MR) is 73.0 cm³/mol. The quantitative estimate of drug-likeness (QED) is 0.751. The Bertz CT molecular complexity index is 409. The summed E-state index contributed by atoms with van der Waals surface area (Å²) in [6.45, 7) is 4.07. The van der Waals surface area contributed by atoms with Gasteiger partial charge in [-0.25, -0.2) is 0 Å². The van der Waals surface area contributed by atoms with Gasteiger partial charge in [0, 0.05) is 12.8 Å². The number of Topliss-reactive ketones (excluding diaryl/α,β-unsaturated/α-hetero) is 1. The first kappa shape index (κ1) is 13.1. The molecule has 1 saturated carbocycles. The second-order valence-corrected chi connectivity index (χ2v) is 5.39. The van der Waals surface area contributed by atoms with Crippen molar-refractivity contribution in [2.24, 2.45) is 0 Å². The van der Waals surface area contributed by atoms with E-state index in [1.54, 1.807) is 0 Å². The maximum atomic E-state index is 11.8. The first-order chi connectivity index (χ1) is 8.66. The average Bonchev–Trinajstić information content (AvgIpc) is 2.54. The molecule has 2 nitrogen and oxygen atoms in total. The van der Waals surface area contributed by atoms with Gasteiger partial charge in [0.2, 0.25) is 0 Å². The minimum atomic E-state index is 0.174. The van der Waals surface area contributed by atoms with E-state index >= 15 is 0 Å². The van der Waals surface area contributed by atoms with Crippen LogP contribution in [0.1, 0.15) is 57.4 Å². The summed E-state index contributed by atoms with van der Waals surface area (Å²) in [5.41, 5.74) is 1.21. The van der Waals surface area contributed by atoms with Gasteiger partial charge in [-0.2, -0.15) is 0 Å². The van der Waals surface area contributed by atoms with E-state index in [1.807, 2.05) is 32.0 Å². The van der Waals surface area contributed by atoms with Crippen LogP contribution in [0.15, 0.2) is 24.3 Å². The Hall–Kier alpha value is -1.31. The van der Waals surface area contributed by atoms with Gasteiger partial charge in [-0.05, 0) is 44.2 Å². The second-order valence-electron chi connectivity index (χ2n) is 5.39. The van der Waals surface area contributed by atoms with Gasteiger partial charge in [-0.15, -0.1) is 0 Å². The zero-order valence-electron chi connectivity index (χ0n) is 11.3. The number of para-hydroxylation sites is 1. The van der Waals surface area contributed by atoms with Crippen molar-refractivity contribution in [2.45, 2.75) is 58.0 Å². The third-order valence-corrected chi connectivity index (χ3v) is 3.45. The molecule has 1 unspecified atom stereocenters. The van der Waals surface area contributed by atoms with Gasteiger partial charge in [0.25, 0.3) is 0 Å². The lowest BCUT2D eigenvalue weighted by Gasteiger charge is -2.20. The van der Waals surface area contributed by atoms with Crippen molar-refractivity contribution in [2.75, 3.05) is 0 Å². The molecule has 1 aliphatic carbocycles. The standard InChI is InChI=1S/C16H22O2/c1-12(2)18-16-10-6-5-9-15(16)13-7-3-4-8-14(17)11-13/h5-6,9-10,12-13H,3-4,7-8,11H2,1-2H3. The SMILES string of the molecule is CC(C)Oc1ccccc1C1CCCCC(=O)C1. The van der Waals surface area contributed by atoms with Crippen molar-refractivity contribution >= 4 is 5.78 Å². The summed E-state index contributed by atoms with van der Waals surface area (Å²) in [5.74, 6) is 1.69. The number of carbonyl (C=O) groups is 1. The van der Waals surface area contributed by atoms with Crippen LogP contribution in [0.25, 0.3) is 0 Å². The van der Waals surface area contributed by atoms with Gasteiger partial charge in [0.1, 0.15) is 11.5 Å². The molecule has 0 radical (unpaired) electrons. The number of ketones is 1. The van der Waals surface area contributed by atoms with Crippen molar-refractivity contribution in [3.8, 4) is 5.75 Å². The molecule has 1 aromatic rings. The summed E-state index contributed by atoms with van der Waals surface area (Å²) in [5, 5.41) is 0. The third kappa shape index (κ3) is 3.34. The lowest BCUT2D eigenvalue weighted by Crippen LogP contribution is -2.10. The summed E-state index contributed by atoms with van der Waals surface area (Å²) in [6.07, 6.45) is 4.90. The van der Waals surface area contributed by atoms with Gasteiger partial charge in [-0.3, -0.25) is 4.79 Å². The largest absolute Gasteiger partial charge is 0.491 e. The van der Waals surface area contributed by atoms with E-state index in [4.69, 9.17) is 4.74 Å². The van der Waals surface area contributed by atoms with Crippen molar-refractivity contribution in [1.29, 1.82) is 0 Å². The fourth-order valence-corrected chi connectivity index (χ4v) is 2.64. The van der Waals surface area contributed by atoms with Crippen molar-refractivity contribution in [3.05, 3.63) is 29.8 Å². The Morgan fingerprint density at radius 1 is 1.22 bits per heavy atom. The molecule has 0 saturated heterocycles. The molecular formula is C16H22O2.